The zero-order chi connectivity index (χ0) is 18.7. The summed E-state index contributed by atoms with van der Waals surface area (Å²) in [6.07, 6.45) is -3.33. The van der Waals surface area contributed by atoms with Crippen molar-refractivity contribution in [3.05, 3.63) is 57.8 Å². The lowest BCUT2D eigenvalue weighted by Crippen LogP contribution is -2.38. The van der Waals surface area contributed by atoms with E-state index in [1.807, 2.05) is 0 Å². The fraction of sp³-hybridized carbons (Fsp3) is 0.333. The zero-order valence-corrected chi connectivity index (χ0v) is 14.6. The Balaban J connectivity index is 1.87. The lowest BCUT2D eigenvalue weighted by molar-refractivity contribution is -0.137. The number of nitrogens with zero attached hydrogens (tertiary/aromatic N) is 1. The molecule has 1 atom stereocenters. The Hall–Kier alpha value is -2.35. The summed E-state index contributed by atoms with van der Waals surface area (Å²) >= 11 is 1.36. The summed E-state index contributed by atoms with van der Waals surface area (Å²) in [5.74, 6) is -0.424. The second-order valence-corrected chi connectivity index (χ2v) is 6.88. The van der Waals surface area contributed by atoms with Crippen molar-refractivity contribution < 1.29 is 22.8 Å². The van der Waals surface area contributed by atoms with Gasteiger partial charge in [0.1, 0.15) is 0 Å². The summed E-state index contributed by atoms with van der Waals surface area (Å²) in [7, 11) is 0. The van der Waals surface area contributed by atoms with Crippen LogP contribution in [0.3, 0.4) is 0 Å². The summed E-state index contributed by atoms with van der Waals surface area (Å²) in [5.41, 5.74) is -0.0136. The predicted octanol–water partition coefficient (Wildman–Crippen LogP) is 3.86. The Morgan fingerprint density at radius 2 is 2.12 bits per heavy atom. The van der Waals surface area contributed by atoms with E-state index in [4.69, 9.17) is 0 Å². The average Bonchev–Trinajstić information content (AvgIpc) is 3.26. The standard InChI is InChI=1S/C18H17F3N2O2S/c19-18(20,21)14-4-1-3-12(9-14)15(10-23-7-2-5-16(23)24)22-17(25)13-6-8-26-11-13/h1,3-4,6,8-9,11,15H,2,5,7,10H2,(H,22,25). The monoisotopic (exact) mass is 382 g/mol. The van der Waals surface area contributed by atoms with E-state index >= 15 is 0 Å². The molecule has 2 heterocycles. The van der Waals surface area contributed by atoms with Gasteiger partial charge in [-0.05, 0) is 35.6 Å². The first-order valence-corrected chi connectivity index (χ1v) is 9.07. The van der Waals surface area contributed by atoms with Crippen molar-refractivity contribution in [2.45, 2.75) is 25.1 Å². The first kappa shape index (κ1) is 18.4. The molecular formula is C18H17F3N2O2S. The van der Waals surface area contributed by atoms with E-state index in [0.717, 1.165) is 12.1 Å². The van der Waals surface area contributed by atoms with Gasteiger partial charge >= 0.3 is 6.18 Å². The topological polar surface area (TPSA) is 49.4 Å². The number of hydrogen-bond donors (Lipinski definition) is 1. The third kappa shape index (κ3) is 4.24. The third-order valence-corrected chi connectivity index (χ3v) is 4.96. The number of carbonyl (C=O) groups is 2. The second-order valence-electron chi connectivity index (χ2n) is 6.10. The van der Waals surface area contributed by atoms with Crippen LogP contribution in [0, 0.1) is 0 Å². The molecule has 8 heteroatoms. The highest BCUT2D eigenvalue weighted by atomic mass is 32.1. The van der Waals surface area contributed by atoms with Gasteiger partial charge in [0.25, 0.3) is 5.91 Å². The summed E-state index contributed by atoms with van der Waals surface area (Å²) in [5, 5.41) is 6.18. The van der Waals surface area contributed by atoms with Crippen LogP contribution in [-0.4, -0.2) is 29.8 Å². The van der Waals surface area contributed by atoms with E-state index in [-0.39, 0.29) is 18.4 Å². The van der Waals surface area contributed by atoms with Crippen LogP contribution in [0.15, 0.2) is 41.1 Å². The van der Waals surface area contributed by atoms with Crippen molar-refractivity contribution in [3.8, 4) is 0 Å². The zero-order valence-electron chi connectivity index (χ0n) is 13.8. The Morgan fingerprint density at radius 3 is 2.73 bits per heavy atom. The molecule has 0 radical (unpaired) electrons. The van der Waals surface area contributed by atoms with Crippen LogP contribution in [-0.2, 0) is 11.0 Å². The number of halogens is 3. The Kier molecular flexibility index (Phi) is 5.31. The van der Waals surface area contributed by atoms with Crippen molar-refractivity contribution in [3.63, 3.8) is 0 Å². The molecule has 1 saturated heterocycles. The molecule has 1 aliphatic heterocycles. The quantitative estimate of drug-likeness (QED) is 0.854. The average molecular weight is 382 g/mol. The van der Waals surface area contributed by atoms with Crippen LogP contribution in [0.5, 0.6) is 0 Å². The summed E-state index contributed by atoms with van der Waals surface area (Å²) in [6.45, 7) is 0.693. The molecule has 26 heavy (non-hydrogen) atoms. The number of rotatable bonds is 5. The molecule has 4 nitrogen and oxygen atoms in total. The van der Waals surface area contributed by atoms with Crippen molar-refractivity contribution >= 4 is 23.2 Å². The minimum atomic E-state index is -4.47. The van der Waals surface area contributed by atoms with Crippen LogP contribution in [0.2, 0.25) is 0 Å². The Morgan fingerprint density at radius 1 is 1.31 bits per heavy atom. The minimum Gasteiger partial charge on any atom is -0.343 e. The van der Waals surface area contributed by atoms with Gasteiger partial charge in [-0.25, -0.2) is 0 Å². The number of benzene rings is 1. The first-order valence-electron chi connectivity index (χ1n) is 8.12. The van der Waals surface area contributed by atoms with Gasteiger partial charge < -0.3 is 10.2 Å². The number of thiophene rings is 1. The van der Waals surface area contributed by atoms with E-state index in [2.05, 4.69) is 5.32 Å². The lowest BCUT2D eigenvalue weighted by Gasteiger charge is -2.25. The molecule has 1 aromatic carbocycles. The minimum absolute atomic E-state index is 0.0493. The fourth-order valence-electron chi connectivity index (χ4n) is 2.92. The summed E-state index contributed by atoms with van der Waals surface area (Å²) in [6, 6.07) is 5.79. The van der Waals surface area contributed by atoms with E-state index in [9.17, 15) is 22.8 Å². The number of hydrogen-bond acceptors (Lipinski definition) is 3. The Bertz CT molecular complexity index is 790. The van der Waals surface area contributed by atoms with Gasteiger partial charge in [0.05, 0.1) is 17.2 Å². The maximum absolute atomic E-state index is 13.0. The maximum Gasteiger partial charge on any atom is 0.416 e. The molecule has 138 valence electrons. The number of carbonyl (C=O) groups excluding carboxylic acids is 2. The van der Waals surface area contributed by atoms with E-state index in [1.54, 1.807) is 21.7 Å². The molecule has 1 aliphatic rings. The van der Waals surface area contributed by atoms with Gasteiger partial charge in [-0.15, -0.1) is 0 Å². The number of nitrogens with one attached hydrogen (secondary N) is 1. The van der Waals surface area contributed by atoms with Gasteiger partial charge in [-0.3, -0.25) is 9.59 Å². The molecule has 0 bridgehead atoms. The molecule has 0 aliphatic carbocycles. The van der Waals surface area contributed by atoms with Crippen LogP contribution in [0.25, 0.3) is 0 Å². The lowest BCUT2D eigenvalue weighted by atomic mass is 10.0. The third-order valence-electron chi connectivity index (χ3n) is 4.28. The highest BCUT2D eigenvalue weighted by Gasteiger charge is 2.32. The first-order chi connectivity index (χ1) is 12.3. The van der Waals surface area contributed by atoms with Crippen molar-refractivity contribution in [1.29, 1.82) is 0 Å². The van der Waals surface area contributed by atoms with Gasteiger partial charge in [0, 0.05) is 24.9 Å². The second kappa shape index (κ2) is 7.49. The highest BCUT2D eigenvalue weighted by molar-refractivity contribution is 7.08. The molecule has 0 spiro atoms. The fourth-order valence-corrected chi connectivity index (χ4v) is 3.55. The molecule has 1 unspecified atom stereocenters. The van der Waals surface area contributed by atoms with E-state index < -0.39 is 17.8 Å². The van der Waals surface area contributed by atoms with E-state index in [0.29, 0.717) is 30.5 Å². The van der Waals surface area contributed by atoms with Gasteiger partial charge in [-0.1, -0.05) is 12.1 Å². The van der Waals surface area contributed by atoms with Gasteiger partial charge in [-0.2, -0.15) is 24.5 Å². The van der Waals surface area contributed by atoms with Crippen molar-refractivity contribution in [1.82, 2.24) is 10.2 Å². The molecular weight excluding hydrogens is 365 g/mol. The van der Waals surface area contributed by atoms with Crippen molar-refractivity contribution in [2.24, 2.45) is 0 Å². The molecule has 1 aromatic heterocycles. The van der Waals surface area contributed by atoms with Crippen LogP contribution < -0.4 is 5.32 Å². The number of amides is 2. The molecule has 3 rings (SSSR count). The molecule has 1 fully saturated rings. The van der Waals surface area contributed by atoms with Crippen LogP contribution >= 0.6 is 11.3 Å². The number of likely N-dealkylation sites (tertiary alicyclic amines) is 1. The van der Waals surface area contributed by atoms with Crippen molar-refractivity contribution in [2.75, 3.05) is 13.1 Å². The SMILES string of the molecule is O=C(NC(CN1CCCC1=O)c1cccc(C(F)(F)F)c1)c1ccsc1. The van der Waals surface area contributed by atoms with Gasteiger partial charge in [0.15, 0.2) is 0 Å². The van der Waals surface area contributed by atoms with Crippen LogP contribution in [0.1, 0.15) is 40.4 Å². The normalized spacial score (nSPS) is 16.0. The highest BCUT2D eigenvalue weighted by Crippen LogP contribution is 2.31. The molecule has 2 aromatic rings. The maximum atomic E-state index is 13.0. The Labute approximate surface area is 152 Å². The number of alkyl halides is 3. The summed E-state index contributed by atoms with van der Waals surface area (Å²) < 4.78 is 39.1. The largest absolute Gasteiger partial charge is 0.416 e. The van der Waals surface area contributed by atoms with E-state index in [1.165, 1.54) is 23.5 Å². The molecule has 2 amide bonds. The van der Waals surface area contributed by atoms with Crippen LogP contribution in [0.4, 0.5) is 13.2 Å². The summed E-state index contributed by atoms with van der Waals surface area (Å²) in [4.78, 5) is 25.9. The van der Waals surface area contributed by atoms with Gasteiger partial charge in [0.2, 0.25) is 5.91 Å². The molecule has 1 N–H and O–H groups in total. The predicted molar refractivity (Wildman–Crippen MR) is 91.8 cm³/mol. The molecule has 0 saturated carbocycles. The smallest absolute Gasteiger partial charge is 0.343 e.